The molecule has 0 radical (unpaired) electrons. The molecule has 1 heterocycles. The van der Waals surface area contributed by atoms with Gasteiger partial charge in [-0.25, -0.2) is 0 Å². The Kier molecular flexibility index (Phi) is 5.58. The Bertz CT molecular complexity index is 682. The largest absolute Gasteiger partial charge is 0.481 e. The molecule has 1 aromatic rings. The Morgan fingerprint density at radius 2 is 1.96 bits per heavy atom. The topological polar surface area (TPSA) is 66.8 Å². The number of halogens is 1. The highest BCUT2D eigenvalue weighted by atomic mass is 35.5. The van der Waals surface area contributed by atoms with Crippen LogP contribution in [0.2, 0.25) is 5.02 Å². The van der Waals surface area contributed by atoms with Gasteiger partial charge in [-0.15, -0.1) is 0 Å². The third-order valence-corrected chi connectivity index (χ3v) is 6.22. The van der Waals surface area contributed by atoms with Crippen molar-refractivity contribution in [1.82, 2.24) is 4.90 Å². The molecule has 1 saturated heterocycles. The van der Waals surface area contributed by atoms with Gasteiger partial charge in [0.05, 0.1) is 12.0 Å². The number of benzene rings is 1. The second kappa shape index (κ2) is 7.57. The maximum absolute atomic E-state index is 13.6. The molecule has 26 heavy (non-hydrogen) atoms. The Hall–Kier alpha value is -1.59. The van der Waals surface area contributed by atoms with Crippen LogP contribution in [0.1, 0.15) is 44.1 Å². The molecule has 0 spiro atoms. The molecular weight excluding hydrogens is 354 g/mol. The quantitative estimate of drug-likeness (QED) is 0.850. The highest BCUT2D eigenvalue weighted by molar-refractivity contribution is 6.30. The van der Waals surface area contributed by atoms with Gasteiger partial charge in [-0.05, 0) is 43.4 Å². The van der Waals surface area contributed by atoms with Crippen LogP contribution < -0.4 is 0 Å². The summed E-state index contributed by atoms with van der Waals surface area (Å²) >= 11 is 6.18. The monoisotopic (exact) mass is 379 g/mol. The van der Waals surface area contributed by atoms with Crippen LogP contribution in [0.3, 0.4) is 0 Å². The van der Waals surface area contributed by atoms with E-state index in [1.54, 1.807) is 4.90 Å². The Morgan fingerprint density at radius 1 is 1.23 bits per heavy atom. The summed E-state index contributed by atoms with van der Waals surface area (Å²) in [6, 6.07) is 7.55. The highest BCUT2D eigenvalue weighted by Crippen LogP contribution is 2.44. The van der Waals surface area contributed by atoms with E-state index < -0.39 is 16.8 Å². The van der Waals surface area contributed by atoms with Crippen LogP contribution in [-0.2, 0) is 19.7 Å². The number of carbonyl (C=O) groups excluding carboxylic acids is 1. The minimum atomic E-state index is -1.02. The first-order valence-electron chi connectivity index (χ1n) is 9.21. The van der Waals surface area contributed by atoms with Crippen molar-refractivity contribution in [2.24, 2.45) is 5.41 Å². The van der Waals surface area contributed by atoms with E-state index in [-0.39, 0.29) is 19.1 Å². The number of carboxylic acids is 1. The Morgan fingerprint density at radius 3 is 2.58 bits per heavy atom. The van der Waals surface area contributed by atoms with E-state index in [2.05, 4.69) is 0 Å². The number of nitrogens with zero attached hydrogens (tertiary/aromatic N) is 1. The van der Waals surface area contributed by atoms with Crippen LogP contribution in [0.4, 0.5) is 0 Å². The molecular formula is C20H26ClNO4. The average molecular weight is 380 g/mol. The van der Waals surface area contributed by atoms with E-state index >= 15 is 0 Å². The van der Waals surface area contributed by atoms with Crippen LogP contribution in [0.25, 0.3) is 0 Å². The van der Waals surface area contributed by atoms with E-state index in [0.717, 1.165) is 31.2 Å². The molecule has 3 rings (SSSR count). The molecule has 1 amide bonds. The van der Waals surface area contributed by atoms with Crippen molar-refractivity contribution in [2.75, 3.05) is 26.8 Å². The molecule has 2 fully saturated rings. The number of carboxylic acid groups (broad SMARTS) is 1. The number of hydrogen-bond donors (Lipinski definition) is 1. The summed E-state index contributed by atoms with van der Waals surface area (Å²) in [4.78, 5) is 27.3. The number of rotatable bonds is 5. The zero-order valence-electron chi connectivity index (χ0n) is 15.2. The summed E-state index contributed by atoms with van der Waals surface area (Å²) in [7, 11) is 1.51. The lowest BCUT2D eigenvalue weighted by atomic mass is 9.75. The predicted octanol–water partition coefficient (Wildman–Crippen LogP) is 3.49. The number of piperidine rings is 1. The number of methoxy groups -OCH3 is 1. The summed E-state index contributed by atoms with van der Waals surface area (Å²) in [5.41, 5.74) is -0.651. The lowest BCUT2D eigenvalue weighted by molar-refractivity contribution is -0.160. The van der Waals surface area contributed by atoms with Crippen LogP contribution >= 0.6 is 11.6 Å². The number of likely N-dealkylation sites (tertiary alicyclic amines) is 1. The molecule has 5 nitrogen and oxygen atoms in total. The predicted molar refractivity (Wildman–Crippen MR) is 99.4 cm³/mol. The summed E-state index contributed by atoms with van der Waals surface area (Å²) in [5.74, 6) is -0.848. The van der Waals surface area contributed by atoms with Gasteiger partial charge in [-0.1, -0.05) is 36.6 Å². The van der Waals surface area contributed by atoms with E-state index in [0.29, 0.717) is 24.4 Å². The first-order chi connectivity index (χ1) is 12.4. The van der Waals surface area contributed by atoms with Crippen LogP contribution in [0.5, 0.6) is 0 Å². The van der Waals surface area contributed by atoms with Gasteiger partial charge in [0, 0.05) is 25.2 Å². The first kappa shape index (κ1) is 19.2. The molecule has 142 valence electrons. The van der Waals surface area contributed by atoms with Gasteiger partial charge in [0.2, 0.25) is 5.91 Å². The summed E-state index contributed by atoms with van der Waals surface area (Å²) in [6.45, 7) is 0.924. The first-order valence-corrected chi connectivity index (χ1v) is 9.59. The van der Waals surface area contributed by atoms with Gasteiger partial charge in [0.15, 0.2) is 0 Å². The van der Waals surface area contributed by atoms with Gasteiger partial charge in [0.25, 0.3) is 0 Å². The van der Waals surface area contributed by atoms with Crippen molar-refractivity contribution in [3.63, 3.8) is 0 Å². The van der Waals surface area contributed by atoms with Gasteiger partial charge in [0.1, 0.15) is 5.41 Å². The number of ether oxygens (including phenoxy) is 1. The van der Waals surface area contributed by atoms with Crippen molar-refractivity contribution in [3.8, 4) is 0 Å². The van der Waals surface area contributed by atoms with Crippen molar-refractivity contribution in [1.29, 1.82) is 0 Å². The fraction of sp³-hybridized carbons (Fsp3) is 0.600. The van der Waals surface area contributed by atoms with Crippen LogP contribution in [0, 0.1) is 5.41 Å². The third kappa shape index (κ3) is 3.35. The standard InChI is InChI=1S/C20H26ClNO4/c1-26-14-19(18(24)25)8-5-11-22(13-19)17(23)20(9-2-3-10-20)15-6-4-7-16(21)12-15/h4,6-7,12H,2-3,5,8-11,13-14H2,1H3,(H,24,25). The van der Waals surface area contributed by atoms with Gasteiger partial charge < -0.3 is 14.7 Å². The molecule has 1 saturated carbocycles. The van der Waals surface area contributed by atoms with Gasteiger partial charge >= 0.3 is 5.97 Å². The van der Waals surface area contributed by atoms with E-state index in [1.807, 2.05) is 24.3 Å². The lowest BCUT2D eigenvalue weighted by Gasteiger charge is -2.43. The number of carbonyl (C=O) groups is 2. The molecule has 0 aromatic heterocycles. The molecule has 1 N–H and O–H groups in total. The van der Waals surface area contributed by atoms with Gasteiger partial charge in [-0.3, -0.25) is 9.59 Å². The van der Waals surface area contributed by atoms with Crippen LogP contribution in [0.15, 0.2) is 24.3 Å². The zero-order valence-corrected chi connectivity index (χ0v) is 15.9. The van der Waals surface area contributed by atoms with Crippen molar-refractivity contribution < 1.29 is 19.4 Å². The second-order valence-corrected chi connectivity index (χ2v) is 8.08. The number of hydrogen-bond acceptors (Lipinski definition) is 3. The maximum atomic E-state index is 13.6. The smallest absolute Gasteiger partial charge is 0.313 e. The highest BCUT2D eigenvalue weighted by Gasteiger charge is 2.50. The molecule has 1 atom stereocenters. The van der Waals surface area contributed by atoms with Crippen LogP contribution in [-0.4, -0.2) is 48.7 Å². The maximum Gasteiger partial charge on any atom is 0.313 e. The van der Waals surface area contributed by atoms with Crippen molar-refractivity contribution in [3.05, 3.63) is 34.9 Å². The van der Waals surface area contributed by atoms with Crippen molar-refractivity contribution in [2.45, 2.75) is 43.9 Å². The van der Waals surface area contributed by atoms with Crippen molar-refractivity contribution >= 4 is 23.5 Å². The fourth-order valence-electron chi connectivity index (χ4n) is 4.63. The van der Waals surface area contributed by atoms with E-state index in [4.69, 9.17) is 16.3 Å². The van der Waals surface area contributed by atoms with Gasteiger partial charge in [-0.2, -0.15) is 0 Å². The Balaban J connectivity index is 1.91. The normalized spacial score (nSPS) is 25.2. The molecule has 1 unspecified atom stereocenters. The minimum absolute atomic E-state index is 0.0405. The zero-order chi connectivity index (χ0) is 18.8. The summed E-state index contributed by atoms with van der Waals surface area (Å²) < 4.78 is 5.19. The fourth-order valence-corrected chi connectivity index (χ4v) is 4.82. The second-order valence-electron chi connectivity index (χ2n) is 7.65. The van der Waals surface area contributed by atoms with E-state index in [9.17, 15) is 14.7 Å². The summed E-state index contributed by atoms with van der Waals surface area (Å²) in [5, 5.41) is 10.4. The number of aliphatic carboxylic acids is 1. The summed E-state index contributed by atoms with van der Waals surface area (Å²) in [6.07, 6.45) is 4.76. The molecule has 6 heteroatoms. The Labute approximate surface area is 159 Å². The minimum Gasteiger partial charge on any atom is -0.481 e. The molecule has 0 bridgehead atoms. The van der Waals surface area contributed by atoms with E-state index in [1.165, 1.54) is 7.11 Å². The SMILES string of the molecule is COCC1(C(=O)O)CCCN(C(=O)C2(c3cccc(Cl)c3)CCCC2)C1. The molecule has 1 aliphatic heterocycles. The molecule has 1 aliphatic carbocycles. The number of amides is 1. The third-order valence-electron chi connectivity index (χ3n) is 5.98. The molecule has 1 aromatic carbocycles. The average Bonchev–Trinajstić information content (AvgIpc) is 3.12. The molecule has 2 aliphatic rings. The lowest BCUT2D eigenvalue weighted by Crippen LogP contribution is -2.56.